The summed E-state index contributed by atoms with van der Waals surface area (Å²) < 4.78 is 50.7. The molecule has 1 aromatic carbocycles. The molecule has 2 N–H and O–H groups in total. The van der Waals surface area contributed by atoms with E-state index in [2.05, 4.69) is 25.4 Å². The van der Waals surface area contributed by atoms with E-state index < -0.39 is 20.0 Å². The Morgan fingerprint density at radius 1 is 1.05 bits per heavy atom. The number of hydrogen-bond acceptors (Lipinski definition) is 4. The highest BCUT2D eigenvalue weighted by Gasteiger charge is 2.22. The molecule has 0 aromatic heterocycles. The van der Waals surface area contributed by atoms with E-state index in [1.165, 1.54) is 12.1 Å². The standard InChI is InChI=1S/C9H11BrCl2N2O4S2/c1-19(15,16)13-2-3-14-20(17,18)9-7(11)4-6(10)5-8(9)12/h4-5,13-14H,2-3H2,1H3. The van der Waals surface area contributed by atoms with Crippen molar-refractivity contribution in [1.29, 1.82) is 0 Å². The fourth-order valence-corrected chi connectivity index (χ4v) is 4.72. The quantitative estimate of drug-likeness (QED) is 0.676. The fraction of sp³-hybridized carbons (Fsp3) is 0.333. The topological polar surface area (TPSA) is 92.3 Å². The van der Waals surface area contributed by atoms with Crippen LogP contribution in [0, 0.1) is 0 Å². The molecule has 0 aliphatic carbocycles. The molecule has 0 aliphatic heterocycles. The van der Waals surface area contributed by atoms with Gasteiger partial charge in [-0.05, 0) is 12.1 Å². The lowest BCUT2D eigenvalue weighted by atomic mass is 10.4. The number of hydrogen-bond donors (Lipinski definition) is 2. The number of nitrogens with one attached hydrogen (secondary N) is 2. The molecule has 1 aromatic rings. The van der Waals surface area contributed by atoms with Gasteiger partial charge in [0.1, 0.15) is 4.90 Å². The zero-order valence-corrected chi connectivity index (χ0v) is 14.9. The molecule has 0 spiro atoms. The summed E-state index contributed by atoms with van der Waals surface area (Å²) in [7, 11) is -7.30. The minimum absolute atomic E-state index is 0.0343. The summed E-state index contributed by atoms with van der Waals surface area (Å²) >= 11 is 14.9. The van der Waals surface area contributed by atoms with Crippen LogP contribution in [-0.2, 0) is 20.0 Å². The van der Waals surface area contributed by atoms with Crippen LogP contribution in [0.25, 0.3) is 0 Å². The van der Waals surface area contributed by atoms with Crippen molar-refractivity contribution < 1.29 is 16.8 Å². The van der Waals surface area contributed by atoms with E-state index in [1.807, 2.05) is 0 Å². The Morgan fingerprint density at radius 2 is 1.50 bits per heavy atom. The molecule has 0 aliphatic rings. The van der Waals surface area contributed by atoms with Gasteiger partial charge in [-0.3, -0.25) is 0 Å². The lowest BCUT2D eigenvalue weighted by molar-refractivity contribution is 0.573. The second-order valence-corrected chi connectivity index (χ2v) is 9.03. The Hall–Kier alpha value is 0.1000. The minimum Gasteiger partial charge on any atom is -0.214 e. The molecule has 20 heavy (non-hydrogen) atoms. The molecule has 0 unspecified atom stereocenters. The molecular formula is C9H11BrCl2N2O4S2. The van der Waals surface area contributed by atoms with Crippen molar-refractivity contribution in [3.63, 3.8) is 0 Å². The molecule has 114 valence electrons. The highest BCUT2D eigenvalue weighted by atomic mass is 79.9. The third kappa shape index (κ3) is 5.47. The maximum absolute atomic E-state index is 12.0. The smallest absolute Gasteiger partial charge is 0.214 e. The first-order valence-corrected chi connectivity index (χ1v) is 10.0. The van der Waals surface area contributed by atoms with Crippen LogP contribution >= 0.6 is 39.1 Å². The summed E-state index contributed by atoms with van der Waals surface area (Å²) in [6.07, 6.45) is 0.976. The SMILES string of the molecule is CS(=O)(=O)NCCNS(=O)(=O)c1c(Cl)cc(Br)cc1Cl. The number of halogens is 3. The molecule has 0 atom stereocenters. The molecule has 11 heteroatoms. The van der Waals surface area contributed by atoms with Crippen LogP contribution in [0.5, 0.6) is 0 Å². The van der Waals surface area contributed by atoms with Crippen LogP contribution in [0.4, 0.5) is 0 Å². The molecular weight excluding hydrogens is 415 g/mol. The van der Waals surface area contributed by atoms with Gasteiger partial charge in [0.15, 0.2) is 0 Å². The lowest BCUT2D eigenvalue weighted by Crippen LogP contribution is -2.34. The van der Waals surface area contributed by atoms with Gasteiger partial charge in [-0.2, -0.15) is 0 Å². The zero-order valence-electron chi connectivity index (χ0n) is 10.2. The Morgan fingerprint density at radius 3 is 1.95 bits per heavy atom. The third-order valence-electron chi connectivity index (χ3n) is 2.01. The maximum atomic E-state index is 12.0. The van der Waals surface area contributed by atoms with Gasteiger partial charge in [-0.25, -0.2) is 26.3 Å². The molecule has 0 heterocycles. The Kier molecular flexibility index (Phi) is 6.27. The minimum atomic E-state index is -3.93. The predicted molar refractivity (Wildman–Crippen MR) is 82.2 cm³/mol. The second kappa shape index (κ2) is 6.91. The molecule has 0 fully saturated rings. The van der Waals surface area contributed by atoms with Gasteiger partial charge in [-0.15, -0.1) is 0 Å². The largest absolute Gasteiger partial charge is 0.243 e. The third-order valence-corrected chi connectivity index (χ3v) is 5.58. The fourth-order valence-electron chi connectivity index (χ4n) is 1.28. The average Bonchev–Trinajstić information content (AvgIpc) is 2.21. The summed E-state index contributed by atoms with van der Waals surface area (Å²) in [6.45, 7) is -0.206. The van der Waals surface area contributed by atoms with Gasteiger partial charge >= 0.3 is 0 Å². The Balaban J connectivity index is 2.85. The second-order valence-electron chi connectivity index (χ2n) is 3.76. The molecule has 0 saturated carbocycles. The van der Waals surface area contributed by atoms with E-state index in [0.29, 0.717) is 4.47 Å². The monoisotopic (exact) mass is 424 g/mol. The van der Waals surface area contributed by atoms with E-state index in [1.54, 1.807) is 0 Å². The molecule has 0 bridgehead atoms. The zero-order chi connectivity index (χ0) is 15.6. The molecule has 1 rings (SSSR count). The molecule has 6 nitrogen and oxygen atoms in total. The Labute approximate surface area is 136 Å². The molecule has 0 radical (unpaired) electrons. The summed E-state index contributed by atoms with van der Waals surface area (Å²) in [4.78, 5) is -0.247. The van der Waals surface area contributed by atoms with Gasteiger partial charge in [0.25, 0.3) is 0 Å². The number of rotatable bonds is 6. The van der Waals surface area contributed by atoms with Gasteiger partial charge in [0, 0.05) is 17.6 Å². The van der Waals surface area contributed by atoms with Crippen molar-refractivity contribution in [3.8, 4) is 0 Å². The summed E-state index contributed by atoms with van der Waals surface area (Å²) in [5.74, 6) is 0. The first-order chi connectivity index (χ1) is 9.03. The molecule has 0 saturated heterocycles. The van der Waals surface area contributed by atoms with Crippen LogP contribution in [0.1, 0.15) is 0 Å². The first-order valence-electron chi connectivity index (χ1n) is 5.12. The van der Waals surface area contributed by atoms with Crippen molar-refractivity contribution in [2.24, 2.45) is 0 Å². The highest BCUT2D eigenvalue weighted by Crippen LogP contribution is 2.32. The average molecular weight is 426 g/mol. The van der Waals surface area contributed by atoms with Gasteiger partial charge in [0.2, 0.25) is 20.0 Å². The normalized spacial score (nSPS) is 12.6. The Bertz CT molecular complexity index is 684. The van der Waals surface area contributed by atoms with Crippen LogP contribution in [0.15, 0.2) is 21.5 Å². The molecule has 0 amide bonds. The highest BCUT2D eigenvalue weighted by molar-refractivity contribution is 9.10. The van der Waals surface area contributed by atoms with Crippen molar-refractivity contribution in [1.82, 2.24) is 9.44 Å². The van der Waals surface area contributed by atoms with Crippen LogP contribution in [-0.4, -0.2) is 36.2 Å². The first kappa shape index (κ1) is 18.1. The van der Waals surface area contributed by atoms with E-state index in [-0.39, 0.29) is 28.0 Å². The predicted octanol–water partition coefficient (Wildman–Crippen LogP) is 1.58. The van der Waals surface area contributed by atoms with E-state index in [9.17, 15) is 16.8 Å². The number of benzene rings is 1. The summed E-state index contributed by atoms with van der Waals surface area (Å²) in [5.41, 5.74) is 0. The van der Waals surface area contributed by atoms with E-state index >= 15 is 0 Å². The van der Waals surface area contributed by atoms with Gasteiger partial charge in [0.05, 0.1) is 16.3 Å². The van der Waals surface area contributed by atoms with E-state index in [4.69, 9.17) is 23.2 Å². The lowest BCUT2D eigenvalue weighted by Gasteiger charge is -2.10. The van der Waals surface area contributed by atoms with Crippen molar-refractivity contribution in [2.75, 3.05) is 19.3 Å². The van der Waals surface area contributed by atoms with E-state index in [0.717, 1.165) is 6.26 Å². The van der Waals surface area contributed by atoms with Crippen molar-refractivity contribution >= 4 is 59.2 Å². The summed E-state index contributed by atoms with van der Waals surface area (Å²) in [6, 6.07) is 2.80. The maximum Gasteiger partial charge on any atom is 0.243 e. The van der Waals surface area contributed by atoms with Crippen molar-refractivity contribution in [2.45, 2.75) is 4.90 Å². The van der Waals surface area contributed by atoms with Gasteiger partial charge in [-0.1, -0.05) is 39.1 Å². The van der Waals surface area contributed by atoms with Crippen molar-refractivity contribution in [3.05, 3.63) is 26.7 Å². The summed E-state index contributed by atoms with van der Waals surface area (Å²) in [5, 5.41) is -0.0686. The van der Waals surface area contributed by atoms with Crippen LogP contribution in [0.2, 0.25) is 10.0 Å². The number of sulfonamides is 2. The van der Waals surface area contributed by atoms with Gasteiger partial charge < -0.3 is 0 Å². The van der Waals surface area contributed by atoms with Crippen LogP contribution < -0.4 is 9.44 Å². The van der Waals surface area contributed by atoms with Crippen LogP contribution in [0.3, 0.4) is 0 Å².